The van der Waals surface area contributed by atoms with Gasteiger partial charge in [0, 0.05) is 37.0 Å². The fourth-order valence-electron chi connectivity index (χ4n) is 4.28. The highest BCUT2D eigenvalue weighted by Gasteiger charge is 2.29. The average molecular weight is 475 g/mol. The number of ether oxygens (including phenoxy) is 3. The molecule has 1 unspecified atom stereocenters. The van der Waals surface area contributed by atoms with Crippen LogP contribution in [0.1, 0.15) is 50.6 Å². The molecule has 0 aliphatic carbocycles. The summed E-state index contributed by atoms with van der Waals surface area (Å²) in [7, 11) is 2.00. The number of esters is 1. The Bertz CT molecular complexity index is 1180. The van der Waals surface area contributed by atoms with Crippen LogP contribution >= 0.6 is 0 Å². The normalized spacial score (nSPS) is 15.1. The zero-order valence-corrected chi connectivity index (χ0v) is 21.0. The van der Waals surface area contributed by atoms with E-state index in [1.54, 1.807) is 0 Å². The van der Waals surface area contributed by atoms with Crippen molar-refractivity contribution in [2.24, 2.45) is 12.5 Å². The monoisotopic (exact) mass is 474 g/mol. The molecule has 2 heterocycles. The maximum absolute atomic E-state index is 12.1. The third-order valence-corrected chi connectivity index (χ3v) is 6.29. The fourth-order valence-corrected chi connectivity index (χ4v) is 4.28. The maximum atomic E-state index is 12.1. The number of imidazole rings is 1. The van der Waals surface area contributed by atoms with Crippen LogP contribution in [0.25, 0.3) is 11.6 Å². The van der Waals surface area contributed by atoms with Crippen molar-refractivity contribution in [3.05, 3.63) is 77.9 Å². The van der Waals surface area contributed by atoms with Crippen LogP contribution in [0.3, 0.4) is 0 Å². The third-order valence-electron chi connectivity index (χ3n) is 6.29. The summed E-state index contributed by atoms with van der Waals surface area (Å²) in [4.78, 5) is 16.7. The first-order valence-electron chi connectivity index (χ1n) is 12.2. The molecule has 4 rings (SSSR count). The summed E-state index contributed by atoms with van der Waals surface area (Å²) < 4.78 is 19.7. The lowest BCUT2D eigenvalue weighted by atomic mass is 9.88. The minimum absolute atomic E-state index is 0.136. The number of aromatic nitrogens is 2. The summed E-state index contributed by atoms with van der Waals surface area (Å²) in [6, 6.07) is 16.3. The van der Waals surface area contributed by atoms with Crippen LogP contribution < -0.4 is 9.47 Å². The lowest BCUT2D eigenvalue weighted by molar-refractivity contribution is -0.153. The number of hydrogen-bond acceptors (Lipinski definition) is 5. The average Bonchev–Trinajstić information content (AvgIpc) is 3.28. The van der Waals surface area contributed by atoms with Gasteiger partial charge < -0.3 is 18.8 Å². The second-order valence-electron chi connectivity index (χ2n) is 9.51. The lowest BCUT2D eigenvalue weighted by Gasteiger charge is -2.28. The maximum Gasteiger partial charge on any atom is 0.311 e. The molecule has 0 amide bonds. The number of aryl methyl sites for hydroxylation is 1. The molecule has 0 N–H and O–H groups in total. The van der Waals surface area contributed by atoms with Gasteiger partial charge in [0.05, 0.1) is 18.6 Å². The number of nitrogens with zero attached hydrogens (tertiary/aromatic N) is 2. The van der Waals surface area contributed by atoms with Crippen LogP contribution in [-0.2, 0) is 23.0 Å². The Morgan fingerprint density at radius 2 is 1.97 bits per heavy atom. The number of rotatable bonds is 10. The van der Waals surface area contributed by atoms with Gasteiger partial charge in [0.15, 0.2) is 0 Å². The van der Waals surface area contributed by atoms with E-state index in [4.69, 9.17) is 14.2 Å². The first-order chi connectivity index (χ1) is 16.9. The molecule has 1 aliphatic heterocycles. The fraction of sp³-hybridized carbons (Fsp3) is 0.379. The van der Waals surface area contributed by atoms with Crippen LogP contribution in [0.2, 0.25) is 0 Å². The zero-order valence-electron chi connectivity index (χ0n) is 21.0. The van der Waals surface area contributed by atoms with Gasteiger partial charge >= 0.3 is 5.97 Å². The van der Waals surface area contributed by atoms with E-state index in [0.29, 0.717) is 19.6 Å². The molecule has 2 aromatic carbocycles. The van der Waals surface area contributed by atoms with Crippen molar-refractivity contribution < 1.29 is 19.0 Å². The Morgan fingerprint density at radius 1 is 1.17 bits per heavy atom. The molecule has 1 aliphatic rings. The van der Waals surface area contributed by atoms with Gasteiger partial charge in [-0.15, -0.1) is 0 Å². The van der Waals surface area contributed by atoms with E-state index in [1.807, 2.05) is 81.2 Å². The molecule has 0 fully saturated rings. The van der Waals surface area contributed by atoms with Gasteiger partial charge in [-0.3, -0.25) is 4.79 Å². The molecule has 0 spiro atoms. The van der Waals surface area contributed by atoms with Crippen LogP contribution in [0.4, 0.5) is 0 Å². The summed E-state index contributed by atoms with van der Waals surface area (Å²) in [6.45, 7) is 6.58. The summed E-state index contributed by atoms with van der Waals surface area (Å²) in [5.74, 6) is 2.34. The summed E-state index contributed by atoms with van der Waals surface area (Å²) in [5, 5.41) is 0. The second-order valence-corrected chi connectivity index (χ2v) is 9.51. The first kappa shape index (κ1) is 24.6. The van der Waals surface area contributed by atoms with E-state index in [1.165, 1.54) is 5.56 Å². The van der Waals surface area contributed by atoms with Crippen molar-refractivity contribution in [1.29, 1.82) is 0 Å². The van der Waals surface area contributed by atoms with Gasteiger partial charge in [0.2, 0.25) is 0 Å². The molecule has 1 aromatic heterocycles. The van der Waals surface area contributed by atoms with E-state index < -0.39 is 5.41 Å². The molecule has 6 heteroatoms. The molecule has 1 atom stereocenters. The summed E-state index contributed by atoms with van der Waals surface area (Å²) >= 11 is 0. The van der Waals surface area contributed by atoms with Crippen molar-refractivity contribution in [3.63, 3.8) is 0 Å². The number of benzene rings is 2. The van der Waals surface area contributed by atoms with Crippen LogP contribution in [-0.4, -0.2) is 34.8 Å². The Labute approximate surface area is 207 Å². The predicted molar refractivity (Wildman–Crippen MR) is 137 cm³/mol. The molecule has 0 radical (unpaired) electrons. The van der Waals surface area contributed by atoms with Crippen LogP contribution in [0.15, 0.2) is 60.9 Å². The number of hydrogen-bond donors (Lipinski definition) is 0. The molecule has 35 heavy (non-hydrogen) atoms. The number of carbonyl (C=O) groups excluding carboxylic acids is 1. The van der Waals surface area contributed by atoms with E-state index >= 15 is 0 Å². The number of fused-ring (bicyclic) bond motifs is 1. The van der Waals surface area contributed by atoms with Gasteiger partial charge in [0.1, 0.15) is 23.4 Å². The van der Waals surface area contributed by atoms with Crippen molar-refractivity contribution >= 4 is 17.6 Å². The number of carbonyl (C=O) groups is 1. The first-order valence-corrected chi connectivity index (χ1v) is 12.2. The largest absolute Gasteiger partial charge is 0.494 e. The van der Waals surface area contributed by atoms with E-state index in [0.717, 1.165) is 41.3 Å². The SMILES string of the molecule is CCOC(=O)C(C)(C)CCCOc1ccc2c(c1)C=C(c1nccn1C)C(Cc1ccccc1)O2. The molecular formula is C29H34N2O4. The highest BCUT2D eigenvalue weighted by Crippen LogP contribution is 2.37. The van der Waals surface area contributed by atoms with Crippen LogP contribution in [0, 0.1) is 5.41 Å². The third kappa shape index (κ3) is 5.94. The molecule has 0 saturated heterocycles. The van der Waals surface area contributed by atoms with Crippen LogP contribution in [0.5, 0.6) is 11.5 Å². The molecular weight excluding hydrogens is 440 g/mol. The van der Waals surface area contributed by atoms with Gasteiger partial charge in [-0.05, 0) is 63.5 Å². The standard InChI is InChI=1S/C29H34N2O4/c1-5-33-28(32)29(2,3)14-9-17-34-23-12-13-25-22(19-23)20-24(27-30-15-16-31(27)4)26(35-25)18-21-10-7-6-8-11-21/h6-8,10-13,15-16,19-20,26H,5,9,14,17-18H2,1-4H3. The topological polar surface area (TPSA) is 62.6 Å². The van der Waals surface area contributed by atoms with Gasteiger partial charge in [-0.1, -0.05) is 30.3 Å². The minimum atomic E-state index is -0.517. The Kier molecular flexibility index (Phi) is 7.59. The minimum Gasteiger partial charge on any atom is -0.494 e. The molecule has 0 saturated carbocycles. The van der Waals surface area contributed by atoms with Crippen molar-refractivity contribution in [2.75, 3.05) is 13.2 Å². The predicted octanol–water partition coefficient (Wildman–Crippen LogP) is 5.71. The molecule has 184 valence electrons. The van der Waals surface area contributed by atoms with Crippen molar-refractivity contribution in [2.45, 2.75) is 46.1 Å². The quantitative estimate of drug-likeness (QED) is 0.278. The highest BCUT2D eigenvalue weighted by atomic mass is 16.5. The molecule has 0 bridgehead atoms. The summed E-state index contributed by atoms with van der Waals surface area (Å²) in [6.07, 6.45) is 7.99. The smallest absolute Gasteiger partial charge is 0.311 e. The Morgan fingerprint density at radius 3 is 2.69 bits per heavy atom. The van der Waals surface area contributed by atoms with E-state index in [-0.39, 0.29) is 12.1 Å². The Hall–Kier alpha value is -3.54. The van der Waals surface area contributed by atoms with Gasteiger partial charge in [-0.2, -0.15) is 0 Å². The van der Waals surface area contributed by atoms with Crippen molar-refractivity contribution in [1.82, 2.24) is 9.55 Å². The van der Waals surface area contributed by atoms with E-state index in [2.05, 4.69) is 23.2 Å². The zero-order chi connectivity index (χ0) is 24.8. The summed E-state index contributed by atoms with van der Waals surface area (Å²) in [5.41, 5.74) is 2.71. The second kappa shape index (κ2) is 10.8. The lowest BCUT2D eigenvalue weighted by Crippen LogP contribution is -2.27. The Balaban J connectivity index is 1.48. The van der Waals surface area contributed by atoms with E-state index in [9.17, 15) is 4.79 Å². The molecule has 6 nitrogen and oxygen atoms in total. The molecule has 3 aromatic rings. The highest BCUT2D eigenvalue weighted by molar-refractivity contribution is 5.85. The van der Waals surface area contributed by atoms with Gasteiger partial charge in [0.25, 0.3) is 0 Å². The van der Waals surface area contributed by atoms with Gasteiger partial charge in [-0.25, -0.2) is 4.98 Å². The van der Waals surface area contributed by atoms with Crippen molar-refractivity contribution in [3.8, 4) is 11.5 Å².